The summed E-state index contributed by atoms with van der Waals surface area (Å²) in [5.74, 6) is 0.0575. The molecular formula is C14H15N3O. The molecule has 4 nitrogen and oxygen atoms in total. The molecule has 0 spiro atoms. The highest BCUT2D eigenvalue weighted by Crippen LogP contribution is 2.34. The molecule has 0 N–H and O–H groups in total. The molecule has 1 aliphatic rings. The molecule has 0 fully saturated rings. The maximum Gasteiger partial charge on any atom is 0.175 e. The van der Waals surface area contributed by atoms with Crippen LogP contribution in [0.15, 0.2) is 24.5 Å². The average molecular weight is 241 g/mol. The van der Waals surface area contributed by atoms with Crippen molar-refractivity contribution in [1.82, 2.24) is 14.8 Å². The molecule has 3 rings (SSSR count). The monoisotopic (exact) mass is 241 g/mol. The standard InChI is InChI=1S/C14H15N3O/c1-9-12(8-16-17(9)2)14(18)11-6-5-10-4-3-7-15-13(10)11/h3-4,7-8,11H,5-6H2,1-2H3. The van der Waals surface area contributed by atoms with Gasteiger partial charge in [-0.3, -0.25) is 14.5 Å². The number of carbonyl (C=O) groups excluding carboxylic acids is 1. The smallest absolute Gasteiger partial charge is 0.175 e. The molecule has 4 heteroatoms. The number of fused-ring (bicyclic) bond motifs is 1. The number of rotatable bonds is 2. The van der Waals surface area contributed by atoms with Crippen molar-refractivity contribution in [3.63, 3.8) is 0 Å². The van der Waals surface area contributed by atoms with Gasteiger partial charge in [-0.25, -0.2) is 0 Å². The zero-order chi connectivity index (χ0) is 12.7. The fraction of sp³-hybridized carbons (Fsp3) is 0.357. The van der Waals surface area contributed by atoms with E-state index in [0.717, 1.165) is 29.8 Å². The maximum absolute atomic E-state index is 12.6. The van der Waals surface area contributed by atoms with Gasteiger partial charge in [-0.15, -0.1) is 0 Å². The highest BCUT2D eigenvalue weighted by atomic mass is 16.1. The van der Waals surface area contributed by atoms with Crippen molar-refractivity contribution in [2.24, 2.45) is 7.05 Å². The lowest BCUT2D eigenvalue weighted by Crippen LogP contribution is -2.12. The second-order valence-corrected chi connectivity index (χ2v) is 4.77. The number of aryl methyl sites for hydroxylation is 2. The Morgan fingerprint density at radius 1 is 1.50 bits per heavy atom. The van der Waals surface area contributed by atoms with Gasteiger partial charge in [0, 0.05) is 18.9 Å². The lowest BCUT2D eigenvalue weighted by molar-refractivity contribution is 0.0957. The molecule has 2 aromatic rings. The Bertz CT molecular complexity index is 615. The Kier molecular flexibility index (Phi) is 2.51. The van der Waals surface area contributed by atoms with Gasteiger partial charge in [0.2, 0.25) is 0 Å². The van der Waals surface area contributed by atoms with Crippen LogP contribution in [0.2, 0.25) is 0 Å². The topological polar surface area (TPSA) is 47.8 Å². The van der Waals surface area contributed by atoms with Gasteiger partial charge in [0.25, 0.3) is 0 Å². The van der Waals surface area contributed by atoms with E-state index in [2.05, 4.69) is 16.1 Å². The lowest BCUT2D eigenvalue weighted by atomic mass is 9.96. The van der Waals surface area contributed by atoms with E-state index in [1.54, 1.807) is 17.1 Å². The molecule has 2 heterocycles. The van der Waals surface area contributed by atoms with Crippen LogP contribution in [0.25, 0.3) is 0 Å². The molecule has 0 radical (unpaired) electrons. The first-order valence-electron chi connectivity index (χ1n) is 6.15. The summed E-state index contributed by atoms with van der Waals surface area (Å²) in [6.07, 6.45) is 5.23. The summed E-state index contributed by atoms with van der Waals surface area (Å²) < 4.78 is 1.74. The van der Waals surface area contributed by atoms with Gasteiger partial charge in [0.15, 0.2) is 5.78 Å². The summed E-state index contributed by atoms with van der Waals surface area (Å²) in [6.45, 7) is 1.93. The van der Waals surface area contributed by atoms with Crippen molar-refractivity contribution in [2.75, 3.05) is 0 Å². The van der Waals surface area contributed by atoms with Crippen molar-refractivity contribution in [3.8, 4) is 0 Å². The third-order valence-electron chi connectivity index (χ3n) is 3.78. The molecule has 92 valence electrons. The van der Waals surface area contributed by atoms with E-state index in [9.17, 15) is 4.79 Å². The van der Waals surface area contributed by atoms with Crippen LogP contribution in [-0.4, -0.2) is 20.5 Å². The first-order valence-corrected chi connectivity index (χ1v) is 6.15. The number of nitrogens with zero attached hydrogens (tertiary/aromatic N) is 3. The van der Waals surface area contributed by atoms with Crippen LogP contribution in [0.4, 0.5) is 0 Å². The summed E-state index contributed by atoms with van der Waals surface area (Å²) in [5, 5.41) is 4.14. The lowest BCUT2D eigenvalue weighted by Gasteiger charge is -2.08. The van der Waals surface area contributed by atoms with E-state index in [4.69, 9.17) is 0 Å². The van der Waals surface area contributed by atoms with E-state index < -0.39 is 0 Å². The van der Waals surface area contributed by atoms with Crippen LogP contribution in [0.5, 0.6) is 0 Å². The fourth-order valence-corrected chi connectivity index (χ4v) is 2.60. The molecule has 0 aliphatic heterocycles. The van der Waals surface area contributed by atoms with E-state index >= 15 is 0 Å². The van der Waals surface area contributed by atoms with E-state index in [1.165, 1.54) is 5.56 Å². The Morgan fingerprint density at radius 3 is 3.06 bits per heavy atom. The minimum atomic E-state index is -0.0934. The number of pyridine rings is 1. The number of ketones is 1. The van der Waals surface area contributed by atoms with E-state index in [-0.39, 0.29) is 11.7 Å². The normalized spacial score (nSPS) is 17.8. The fourth-order valence-electron chi connectivity index (χ4n) is 2.60. The van der Waals surface area contributed by atoms with Crippen molar-refractivity contribution in [1.29, 1.82) is 0 Å². The highest BCUT2D eigenvalue weighted by Gasteiger charge is 2.31. The van der Waals surface area contributed by atoms with Gasteiger partial charge in [0.05, 0.1) is 23.4 Å². The number of hydrogen-bond acceptors (Lipinski definition) is 3. The van der Waals surface area contributed by atoms with Crippen molar-refractivity contribution >= 4 is 5.78 Å². The molecule has 0 saturated heterocycles. The zero-order valence-corrected chi connectivity index (χ0v) is 10.6. The maximum atomic E-state index is 12.6. The van der Waals surface area contributed by atoms with Gasteiger partial charge in [0.1, 0.15) is 0 Å². The Balaban J connectivity index is 1.98. The predicted molar refractivity (Wildman–Crippen MR) is 67.6 cm³/mol. The van der Waals surface area contributed by atoms with Crippen LogP contribution in [0, 0.1) is 6.92 Å². The molecule has 0 aromatic carbocycles. The first-order chi connectivity index (χ1) is 8.68. The van der Waals surface area contributed by atoms with Crippen LogP contribution in [0.1, 0.15) is 39.6 Å². The second kappa shape index (κ2) is 4.05. The Hall–Kier alpha value is -1.97. The molecule has 2 aromatic heterocycles. The molecule has 0 saturated carbocycles. The molecule has 0 amide bonds. The minimum absolute atomic E-state index is 0.0934. The molecule has 1 unspecified atom stereocenters. The predicted octanol–water partition coefficient (Wildman–Crippen LogP) is 2.04. The van der Waals surface area contributed by atoms with Gasteiger partial charge in [-0.2, -0.15) is 5.10 Å². The average Bonchev–Trinajstić information content (AvgIpc) is 2.94. The quantitative estimate of drug-likeness (QED) is 0.756. The summed E-state index contributed by atoms with van der Waals surface area (Å²) >= 11 is 0. The second-order valence-electron chi connectivity index (χ2n) is 4.77. The third-order valence-corrected chi connectivity index (χ3v) is 3.78. The van der Waals surface area contributed by atoms with Gasteiger partial charge >= 0.3 is 0 Å². The van der Waals surface area contributed by atoms with Crippen LogP contribution < -0.4 is 0 Å². The highest BCUT2D eigenvalue weighted by molar-refractivity contribution is 6.02. The minimum Gasteiger partial charge on any atom is -0.293 e. The van der Waals surface area contributed by atoms with Crippen molar-refractivity contribution in [3.05, 3.63) is 47.0 Å². The summed E-state index contributed by atoms with van der Waals surface area (Å²) in [5.41, 5.74) is 3.80. The molecular weight excluding hydrogens is 226 g/mol. The summed E-state index contributed by atoms with van der Waals surface area (Å²) in [7, 11) is 1.85. The molecule has 1 atom stereocenters. The number of hydrogen-bond donors (Lipinski definition) is 0. The molecule has 18 heavy (non-hydrogen) atoms. The van der Waals surface area contributed by atoms with E-state index in [0.29, 0.717) is 0 Å². The summed E-state index contributed by atoms with van der Waals surface area (Å²) in [6, 6.07) is 3.99. The summed E-state index contributed by atoms with van der Waals surface area (Å²) in [4.78, 5) is 16.9. The number of Topliss-reactive ketones (excluding diaryl/α,β-unsaturated/α-hetero) is 1. The largest absolute Gasteiger partial charge is 0.293 e. The number of carbonyl (C=O) groups is 1. The SMILES string of the molecule is Cc1c(C(=O)C2CCc3cccnc32)cnn1C. The van der Waals surface area contributed by atoms with Gasteiger partial charge in [-0.05, 0) is 31.4 Å². The third kappa shape index (κ3) is 1.56. The number of aromatic nitrogens is 3. The van der Waals surface area contributed by atoms with Gasteiger partial charge < -0.3 is 0 Å². The van der Waals surface area contributed by atoms with Gasteiger partial charge in [-0.1, -0.05) is 6.07 Å². The van der Waals surface area contributed by atoms with Crippen LogP contribution in [0.3, 0.4) is 0 Å². The Labute approximate surface area is 106 Å². The van der Waals surface area contributed by atoms with Crippen molar-refractivity contribution in [2.45, 2.75) is 25.7 Å². The van der Waals surface area contributed by atoms with Crippen LogP contribution in [-0.2, 0) is 13.5 Å². The van der Waals surface area contributed by atoms with E-state index in [1.807, 2.05) is 20.0 Å². The Morgan fingerprint density at radius 2 is 2.33 bits per heavy atom. The van der Waals surface area contributed by atoms with Crippen molar-refractivity contribution < 1.29 is 4.79 Å². The zero-order valence-electron chi connectivity index (χ0n) is 10.6. The molecule has 0 bridgehead atoms. The first kappa shape index (κ1) is 11.1. The molecule has 1 aliphatic carbocycles. The van der Waals surface area contributed by atoms with Crippen LogP contribution >= 0.6 is 0 Å².